The summed E-state index contributed by atoms with van der Waals surface area (Å²) < 4.78 is 15.0. The molecule has 0 bridgehead atoms. The molecule has 3 aromatic rings. The molecular weight excluding hydrogens is 323 g/mol. The highest BCUT2D eigenvalue weighted by Crippen LogP contribution is 2.29. The second-order valence-electron chi connectivity index (χ2n) is 5.99. The van der Waals surface area contributed by atoms with E-state index in [-0.39, 0.29) is 5.82 Å². The van der Waals surface area contributed by atoms with Gasteiger partial charge < -0.3 is 14.9 Å². The number of carbonyl (C=O) groups is 1. The maximum atomic E-state index is 13.2. The van der Waals surface area contributed by atoms with Crippen LogP contribution in [0.15, 0.2) is 48.5 Å². The Morgan fingerprint density at radius 3 is 2.36 bits per heavy atom. The number of fused-ring (bicyclic) bond motifs is 1. The Labute approximate surface area is 143 Å². The fourth-order valence-electron chi connectivity index (χ4n) is 3.17. The van der Waals surface area contributed by atoms with Crippen molar-refractivity contribution in [2.24, 2.45) is 0 Å². The summed E-state index contributed by atoms with van der Waals surface area (Å²) in [5.74, 6) is 0.537. The first-order valence-corrected chi connectivity index (χ1v) is 8.10. The van der Waals surface area contributed by atoms with Gasteiger partial charge in [-0.3, -0.25) is 0 Å². The van der Waals surface area contributed by atoms with Gasteiger partial charge >= 0.3 is 6.09 Å². The average molecular weight is 340 g/mol. The van der Waals surface area contributed by atoms with Crippen molar-refractivity contribution in [2.45, 2.75) is 0 Å². The molecule has 1 fully saturated rings. The van der Waals surface area contributed by atoms with Crippen LogP contribution in [0.3, 0.4) is 0 Å². The number of nitrogens with zero attached hydrogens (tertiary/aromatic N) is 4. The minimum atomic E-state index is -0.888. The first kappa shape index (κ1) is 15.4. The molecule has 0 saturated carbocycles. The van der Waals surface area contributed by atoms with Crippen LogP contribution in [0.1, 0.15) is 0 Å². The molecule has 1 N–H and O–H groups in total. The van der Waals surface area contributed by atoms with Crippen LogP contribution in [-0.4, -0.2) is 52.1 Å². The average Bonchev–Trinajstić information content (AvgIpc) is 3.02. The van der Waals surface area contributed by atoms with E-state index in [1.807, 2.05) is 24.3 Å². The van der Waals surface area contributed by atoms with Gasteiger partial charge in [-0.05, 0) is 36.4 Å². The van der Waals surface area contributed by atoms with Crippen LogP contribution in [0.25, 0.3) is 16.6 Å². The van der Waals surface area contributed by atoms with Gasteiger partial charge in [0.15, 0.2) is 5.82 Å². The molecule has 2 heterocycles. The number of hydrogen-bond acceptors (Lipinski definition) is 3. The number of halogens is 1. The van der Waals surface area contributed by atoms with E-state index < -0.39 is 6.09 Å². The van der Waals surface area contributed by atoms with Gasteiger partial charge in [0.1, 0.15) is 5.82 Å². The van der Waals surface area contributed by atoms with Crippen molar-refractivity contribution < 1.29 is 14.3 Å². The number of aromatic nitrogens is 2. The highest BCUT2D eigenvalue weighted by molar-refractivity contribution is 5.92. The first-order valence-electron chi connectivity index (χ1n) is 8.10. The molecule has 0 spiro atoms. The van der Waals surface area contributed by atoms with Crippen LogP contribution >= 0.6 is 0 Å². The molecule has 1 aliphatic rings. The number of amides is 1. The lowest BCUT2D eigenvalue weighted by Crippen LogP contribution is -2.48. The molecule has 1 aliphatic heterocycles. The lowest BCUT2D eigenvalue weighted by molar-refractivity contribution is 0.142. The van der Waals surface area contributed by atoms with Crippen LogP contribution in [-0.2, 0) is 0 Å². The van der Waals surface area contributed by atoms with Crippen molar-refractivity contribution in [3.63, 3.8) is 0 Å². The molecule has 4 rings (SSSR count). The Hall–Kier alpha value is -3.09. The van der Waals surface area contributed by atoms with Crippen molar-refractivity contribution in [2.75, 3.05) is 31.1 Å². The van der Waals surface area contributed by atoms with Crippen LogP contribution < -0.4 is 4.90 Å². The Kier molecular flexibility index (Phi) is 3.76. The fourth-order valence-corrected chi connectivity index (χ4v) is 3.17. The van der Waals surface area contributed by atoms with Crippen molar-refractivity contribution in [1.82, 2.24) is 14.7 Å². The highest BCUT2D eigenvalue weighted by Gasteiger charge is 2.24. The molecular formula is C18H17FN4O2. The van der Waals surface area contributed by atoms with Gasteiger partial charge in [0.25, 0.3) is 0 Å². The van der Waals surface area contributed by atoms with E-state index in [0.29, 0.717) is 26.2 Å². The second-order valence-corrected chi connectivity index (χ2v) is 5.99. The maximum absolute atomic E-state index is 13.2. The van der Waals surface area contributed by atoms with E-state index in [4.69, 9.17) is 10.2 Å². The van der Waals surface area contributed by atoms with Gasteiger partial charge in [-0.2, -0.15) is 0 Å². The molecule has 6 nitrogen and oxygen atoms in total. The molecule has 0 aliphatic carbocycles. The molecule has 1 amide bonds. The van der Waals surface area contributed by atoms with Crippen LogP contribution in [0.2, 0.25) is 0 Å². The largest absolute Gasteiger partial charge is 0.465 e. The monoisotopic (exact) mass is 340 g/mol. The number of hydrogen-bond donors (Lipinski definition) is 1. The topological polar surface area (TPSA) is 61.6 Å². The Balaban J connectivity index is 1.73. The zero-order valence-corrected chi connectivity index (χ0v) is 13.5. The standard InChI is InChI=1S/C18H17FN4O2/c19-13-5-7-14(8-6-13)23-16-4-2-1-3-15(16)17(20-23)21-9-11-22(12-10-21)18(24)25/h1-8H,9-12H2,(H,24,25). The lowest BCUT2D eigenvalue weighted by Gasteiger charge is -2.33. The summed E-state index contributed by atoms with van der Waals surface area (Å²) in [6.07, 6.45) is -0.888. The van der Waals surface area contributed by atoms with Crippen molar-refractivity contribution >= 4 is 22.8 Å². The Morgan fingerprint density at radius 1 is 1.00 bits per heavy atom. The van der Waals surface area contributed by atoms with Crippen molar-refractivity contribution in [3.8, 4) is 5.69 Å². The smallest absolute Gasteiger partial charge is 0.407 e. The zero-order valence-electron chi connectivity index (χ0n) is 13.5. The van der Waals surface area contributed by atoms with E-state index in [1.165, 1.54) is 17.0 Å². The number of benzene rings is 2. The normalized spacial score (nSPS) is 14.9. The Bertz CT molecular complexity index is 914. The molecule has 25 heavy (non-hydrogen) atoms. The lowest BCUT2D eigenvalue weighted by atomic mass is 10.2. The molecule has 0 atom stereocenters. The molecule has 128 valence electrons. The summed E-state index contributed by atoms with van der Waals surface area (Å²) in [5.41, 5.74) is 1.72. The second kappa shape index (κ2) is 6.08. The summed E-state index contributed by atoms with van der Waals surface area (Å²) in [6, 6.07) is 14.1. The summed E-state index contributed by atoms with van der Waals surface area (Å²) in [6.45, 7) is 2.09. The molecule has 7 heteroatoms. The van der Waals surface area contributed by atoms with E-state index in [2.05, 4.69) is 4.90 Å². The highest BCUT2D eigenvalue weighted by atomic mass is 19.1. The van der Waals surface area contributed by atoms with Crippen LogP contribution in [0.5, 0.6) is 0 Å². The number of carboxylic acid groups (broad SMARTS) is 1. The van der Waals surface area contributed by atoms with Gasteiger partial charge in [-0.1, -0.05) is 12.1 Å². The van der Waals surface area contributed by atoms with Gasteiger partial charge in [0.2, 0.25) is 0 Å². The first-order chi connectivity index (χ1) is 12.1. The number of piperazine rings is 1. The summed E-state index contributed by atoms with van der Waals surface area (Å²) >= 11 is 0. The maximum Gasteiger partial charge on any atom is 0.407 e. The number of anilines is 1. The molecule has 1 aromatic heterocycles. The van der Waals surface area contributed by atoms with E-state index in [1.54, 1.807) is 16.8 Å². The summed E-state index contributed by atoms with van der Waals surface area (Å²) in [7, 11) is 0. The third-order valence-electron chi connectivity index (χ3n) is 4.49. The van der Waals surface area contributed by atoms with Crippen LogP contribution in [0.4, 0.5) is 15.0 Å². The predicted octanol–water partition coefficient (Wildman–Crippen LogP) is 2.96. The Morgan fingerprint density at radius 2 is 1.68 bits per heavy atom. The third-order valence-corrected chi connectivity index (χ3v) is 4.49. The third kappa shape index (κ3) is 2.77. The molecule has 0 radical (unpaired) electrons. The zero-order chi connectivity index (χ0) is 17.4. The van der Waals surface area contributed by atoms with Gasteiger partial charge in [-0.25, -0.2) is 13.9 Å². The SMILES string of the molecule is O=C(O)N1CCN(c2nn(-c3ccc(F)cc3)c3ccccc23)CC1. The van der Waals surface area contributed by atoms with E-state index >= 15 is 0 Å². The predicted molar refractivity (Wildman–Crippen MR) is 92.8 cm³/mol. The van der Waals surface area contributed by atoms with E-state index in [9.17, 15) is 9.18 Å². The molecule has 0 unspecified atom stereocenters. The summed E-state index contributed by atoms with van der Waals surface area (Å²) in [5, 5.41) is 14.8. The van der Waals surface area contributed by atoms with Crippen molar-refractivity contribution in [1.29, 1.82) is 0 Å². The number of para-hydroxylation sites is 1. The van der Waals surface area contributed by atoms with Gasteiger partial charge in [0, 0.05) is 31.6 Å². The van der Waals surface area contributed by atoms with Gasteiger partial charge in [-0.15, -0.1) is 5.10 Å². The van der Waals surface area contributed by atoms with E-state index in [0.717, 1.165) is 22.4 Å². The van der Waals surface area contributed by atoms with Gasteiger partial charge in [0.05, 0.1) is 11.2 Å². The van der Waals surface area contributed by atoms with Crippen LogP contribution in [0, 0.1) is 5.82 Å². The van der Waals surface area contributed by atoms with Crippen molar-refractivity contribution in [3.05, 3.63) is 54.3 Å². The molecule has 1 saturated heterocycles. The molecule has 2 aromatic carbocycles. The minimum absolute atomic E-state index is 0.287. The fraction of sp³-hybridized carbons (Fsp3) is 0.222. The number of rotatable bonds is 2. The minimum Gasteiger partial charge on any atom is -0.465 e. The summed E-state index contributed by atoms with van der Waals surface area (Å²) in [4.78, 5) is 14.6. The quantitative estimate of drug-likeness (QED) is 0.779.